The number of nitrogens with one attached hydrogen (secondary N) is 1. The van der Waals surface area contributed by atoms with Crippen molar-refractivity contribution in [2.75, 3.05) is 0 Å². The van der Waals surface area contributed by atoms with Crippen LogP contribution >= 0.6 is 0 Å². The Bertz CT molecular complexity index is 1560. The van der Waals surface area contributed by atoms with Gasteiger partial charge in [-0.2, -0.15) is 4.72 Å². The average molecular weight is 506 g/mol. The number of carbonyl (C=O) groups excluding carboxylic acids is 1. The van der Waals surface area contributed by atoms with Gasteiger partial charge < -0.3 is 9.15 Å². The van der Waals surface area contributed by atoms with Gasteiger partial charge in [-0.15, -0.1) is 0 Å². The molecule has 1 heterocycles. The molecule has 4 rings (SSSR count). The first-order valence-corrected chi connectivity index (χ1v) is 13.1. The van der Waals surface area contributed by atoms with Gasteiger partial charge >= 0.3 is 11.6 Å². The maximum absolute atomic E-state index is 13.1. The molecule has 0 aliphatic rings. The number of rotatable bonds is 8. The number of hydrogen-bond acceptors (Lipinski definition) is 6. The van der Waals surface area contributed by atoms with E-state index in [1.54, 1.807) is 31.2 Å². The van der Waals surface area contributed by atoms with E-state index in [4.69, 9.17) is 9.15 Å². The number of esters is 1. The number of sulfonamides is 1. The molecule has 0 amide bonds. The average Bonchev–Trinajstić information content (AvgIpc) is 2.86. The number of ether oxygens (including phenoxy) is 1. The van der Waals surface area contributed by atoms with E-state index in [1.807, 2.05) is 44.2 Å². The summed E-state index contributed by atoms with van der Waals surface area (Å²) in [6.07, 6.45) is 0.811. The highest BCUT2D eigenvalue weighted by atomic mass is 32.2. The summed E-state index contributed by atoms with van der Waals surface area (Å²) in [4.78, 5) is 25.5. The second-order valence-corrected chi connectivity index (χ2v) is 10.3. The topological polar surface area (TPSA) is 103 Å². The second-order valence-electron chi connectivity index (χ2n) is 8.61. The van der Waals surface area contributed by atoms with Crippen molar-refractivity contribution in [2.24, 2.45) is 0 Å². The van der Waals surface area contributed by atoms with Gasteiger partial charge in [0.2, 0.25) is 10.0 Å². The monoisotopic (exact) mass is 505 g/mol. The van der Waals surface area contributed by atoms with Crippen molar-refractivity contribution in [3.63, 3.8) is 0 Å². The van der Waals surface area contributed by atoms with Crippen molar-refractivity contribution in [3.05, 3.63) is 94.3 Å². The summed E-state index contributed by atoms with van der Waals surface area (Å²) in [5.41, 5.74) is 2.73. The molecular weight excluding hydrogens is 478 g/mol. The molecule has 4 aromatic rings. The Balaban J connectivity index is 1.64. The third kappa shape index (κ3) is 5.40. The molecular formula is C28H27NO6S. The van der Waals surface area contributed by atoms with Crippen molar-refractivity contribution in [1.82, 2.24) is 4.72 Å². The number of carbonyl (C=O) groups is 1. The van der Waals surface area contributed by atoms with Crippen LogP contribution in [0.5, 0.6) is 5.75 Å². The molecule has 0 saturated carbocycles. The molecule has 186 valence electrons. The minimum absolute atomic E-state index is 0.0686. The molecule has 1 N–H and O–H groups in total. The summed E-state index contributed by atoms with van der Waals surface area (Å²) < 4.78 is 39.3. The van der Waals surface area contributed by atoms with Crippen molar-refractivity contribution < 1.29 is 22.4 Å². The number of fused-ring (bicyclic) bond motifs is 1. The second kappa shape index (κ2) is 10.5. The van der Waals surface area contributed by atoms with Gasteiger partial charge in [0.05, 0.1) is 4.90 Å². The van der Waals surface area contributed by atoms with E-state index in [0.717, 1.165) is 11.1 Å². The minimum Gasteiger partial charge on any atom is -0.425 e. The molecule has 0 fully saturated rings. The van der Waals surface area contributed by atoms with Gasteiger partial charge in [-0.3, -0.25) is 0 Å². The fourth-order valence-electron chi connectivity index (χ4n) is 3.98. The van der Waals surface area contributed by atoms with E-state index in [2.05, 4.69) is 4.72 Å². The van der Waals surface area contributed by atoms with E-state index in [1.165, 1.54) is 18.2 Å². The smallest absolute Gasteiger partial charge is 0.336 e. The van der Waals surface area contributed by atoms with E-state index in [0.29, 0.717) is 28.5 Å². The zero-order valence-electron chi connectivity index (χ0n) is 20.3. The molecule has 8 heteroatoms. The predicted octanol–water partition coefficient (Wildman–Crippen LogP) is 5.13. The number of hydrogen-bond donors (Lipinski definition) is 1. The lowest BCUT2D eigenvalue weighted by Gasteiger charge is -2.18. The van der Waals surface area contributed by atoms with Crippen LogP contribution in [0.25, 0.3) is 22.1 Å². The maximum Gasteiger partial charge on any atom is 0.336 e. The molecule has 0 radical (unpaired) electrons. The Labute approximate surface area is 209 Å². The van der Waals surface area contributed by atoms with Crippen LogP contribution in [0.3, 0.4) is 0 Å². The van der Waals surface area contributed by atoms with Crippen LogP contribution in [0.4, 0.5) is 0 Å². The first-order chi connectivity index (χ1) is 17.2. The zero-order valence-corrected chi connectivity index (χ0v) is 21.1. The quantitative estimate of drug-likeness (QED) is 0.202. The number of aryl methyl sites for hydroxylation is 2. The van der Waals surface area contributed by atoms with E-state index >= 15 is 0 Å². The molecule has 36 heavy (non-hydrogen) atoms. The van der Waals surface area contributed by atoms with Gasteiger partial charge in [0.25, 0.3) is 0 Å². The lowest BCUT2D eigenvalue weighted by Crippen LogP contribution is -2.42. The highest BCUT2D eigenvalue weighted by Gasteiger charge is 2.27. The summed E-state index contributed by atoms with van der Waals surface area (Å²) >= 11 is 0. The zero-order chi connectivity index (χ0) is 25.9. The Hall–Kier alpha value is -3.75. The summed E-state index contributed by atoms with van der Waals surface area (Å²) in [5.74, 6) is -0.548. The Morgan fingerprint density at radius 1 is 1.00 bits per heavy atom. The van der Waals surface area contributed by atoms with Gasteiger partial charge in [0.15, 0.2) is 0 Å². The third-order valence-corrected chi connectivity index (χ3v) is 7.38. The van der Waals surface area contributed by atoms with Gasteiger partial charge in [0, 0.05) is 17.0 Å². The molecule has 0 aliphatic carbocycles. The molecule has 1 atom stereocenters. The molecule has 1 unspecified atom stereocenters. The summed E-state index contributed by atoms with van der Waals surface area (Å²) in [6.45, 7) is 5.40. The molecule has 0 bridgehead atoms. The predicted molar refractivity (Wildman–Crippen MR) is 138 cm³/mol. The fourth-order valence-corrected chi connectivity index (χ4v) is 5.19. The molecule has 3 aromatic carbocycles. The molecule has 0 aliphatic heterocycles. The highest BCUT2D eigenvalue weighted by Crippen LogP contribution is 2.33. The van der Waals surface area contributed by atoms with Crippen LogP contribution in [-0.2, 0) is 14.8 Å². The largest absolute Gasteiger partial charge is 0.425 e. The minimum atomic E-state index is -3.93. The standard InChI is InChI=1S/C28H27NO6S/c1-4-8-24(29-36(32,33)21-13-11-18(2)12-14-21)28(31)34-25-16-15-22-23(20-9-6-5-7-10-20)17-26(30)35-27(22)19(25)3/h5-7,9-17,24,29H,4,8H2,1-3H3. The fraction of sp³-hybridized carbons (Fsp3) is 0.214. The summed E-state index contributed by atoms with van der Waals surface area (Å²) in [5, 5.41) is 0.697. The van der Waals surface area contributed by atoms with Gasteiger partial charge in [-0.05, 0) is 55.7 Å². The summed E-state index contributed by atoms with van der Waals surface area (Å²) in [6, 6.07) is 19.5. The van der Waals surface area contributed by atoms with E-state index in [9.17, 15) is 18.0 Å². The third-order valence-electron chi connectivity index (χ3n) is 5.90. The van der Waals surface area contributed by atoms with Gasteiger partial charge in [-0.1, -0.05) is 61.4 Å². The van der Waals surface area contributed by atoms with Crippen LogP contribution in [0.2, 0.25) is 0 Å². The Morgan fingerprint density at radius 2 is 1.69 bits per heavy atom. The van der Waals surface area contributed by atoms with Crippen LogP contribution < -0.4 is 15.1 Å². The molecule has 0 spiro atoms. The number of benzene rings is 3. The van der Waals surface area contributed by atoms with E-state index in [-0.39, 0.29) is 17.1 Å². The molecule has 1 aromatic heterocycles. The maximum atomic E-state index is 13.1. The SMILES string of the molecule is CCCC(NS(=O)(=O)c1ccc(C)cc1)C(=O)Oc1ccc2c(-c3ccccc3)cc(=O)oc2c1C. The van der Waals surface area contributed by atoms with Crippen molar-refractivity contribution in [2.45, 2.75) is 44.6 Å². The van der Waals surface area contributed by atoms with Gasteiger partial charge in [-0.25, -0.2) is 18.0 Å². The summed E-state index contributed by atoms with van der Waals surface area (Å²) in [7, 11) is -3.93. The first kappa shape index (κ1) is 25.3. The van der Waals surface area contributed by atoms with Crippen LogP contribution in [0.15, 0.2) is 86.9 Å². The molecule has 0 saturated heterocycles. The molecule has 7 nitrogen and oxygen atoms in total. The Morgan fingerprint density at radius 3 is 2.36 bits per heavy atom. The van der Waals surface area contributed by atoms with Crippen LogP contribution in [0.1, 0.15) is 30.9 Å². The highest BCUT2D eigenvalue weighted by molar-refractivity contribution is 7.89. The normalized spacial score (nSPS) is 12.4. The van der Waals surface area contributed by atoms with Crippen molar-refractivity contribution in [1.29, 1.82) is 0 Å². The lowest BCUT2D eigenvalue weighted by atomic mass is 10.00. The first-order valence-electron chi connectivity index (χ1n) is 11.6. The van der Waals surface area contributed by atoms with Gasteiger partial charge in [0.1, 0.15) is 17.4 Å². The van der Waals surface area contributed by atoms with E-state index < -0.39 is 27.7 Å². The lowest BCUT2D eigenvalue weighted by molar-refractivity contribution is -0.136. The van der Waals surface area contributed by atoms with Crippen LogP contribution in [-0.4, -0.2) is 20.4 Å². The van der Waals surface area contributed by atoms with Crippen molar-refractivity contribution >= 4 is 27.0 Å². The van der Waals surface area contributed by atoms with Crippen LogP contribution in [0, 0.1) is 13.8 Å². The Kier molecular flexibility index (Phi) is 7.37. The van der Waals surface area contributed by atoms with Crippen molar-refractivity contribution in [3.8, 4) is 16.9 Å².